The molecular weight excluding hydrogens is 154 g/mol. The molecule has 2 unspecified atom stereocenters. The third kappa shape index (κ3) is 5.13. The topological polar surface area (TPSA) is 52.3 Å². The summed E-state index contributed by atoms with van der Waals surface area (Å²) in [7, 11) is 1.39. The van der Waals surface area contributed by atoms with E-state index in [2.05, 4.69) is 4.74 Å². The van der Waals surface area contributed by atoms with Crippen molar-refractivity contribution in [2.45, 2.75) is 27.7 Å². The fraction of sp³-hybridized carbons (Fsp3) is 0.889. The molecule has 0 amide bonds. The molecule has 3 nitrogen and oxygen atoms in total. The third-order valence-corrected chi connectivity index (χ3v) is 1.80. The van der Waals surface area contributed by atoms with Crippen LogP contribution in [-0.2, 0) is 9.53 Å². The second-order valence-corrected chi connectivity index (χ2v) is 2.52. The van der Waals surface area contributed by atoms with E-state index in [0.717, 1.165) is 0 Å². The number of ether oxygens (including phenoxy) is 1. The molecule has 0 spiro atoms. The Kier molecular flexibility index (Phi) is 9.93. The molecule has 0 radical (unpaired) electrons. The van der Waals surface area contributed by atoms with Crippen LogP contribution >= 0.6 is 0 Å². The molecule has 0 aromatic rings. The van der Waals surface area contributed by atoms with Crippen LogP contribution in [-0.4, -0.2) is 19.6 Å². The minimum Gasteiger partial charge on any atom is -0.469 e. The molecule has 0 aliphatic carbocycles. The van der Waals surface area contributed by atoms with Crippen LogP contribution in [0.2, 0.25) is 0 Å². The van der Waals surface area contributed by atoms with Crippen molar-refractivity contribution in [3.63, 3.8) is 0 Å². The molecule has 0 aliphatic heterocycles. The maximum absolute atomic E-state index is 10.8. The summed E-state index contributed by atoms with van der Waals surface area (Å²) in [6.07, 6.45) is 0. The molecular formula is C9H21NO2. The Morgan fingerprint density at radius 3 is 2.08 bits per heavy atom. The van der Waals surface area contributed by atoms with Crippen molar-refractivity contribution in [2.24, 2.45) is 17.6 Å². The molecule has 0 fully saturated rings. The average Bonchev–Trinajstić information content (AvgIpc) is 2.17. The Labute approximate surface area is 75.3 Å². The van der Waals surface area contributed by atoms with Crippen LogP contribution < -0.4 is 5.73 Å². The molecule has 0 bridgehead atoms. The Balaban J connectivity index is 0. The highest BCUT2D eigenvalue weighted by Gasteiger charge is 2.18. The van der Waals surface area contributed by atoms with Gasteiger partial charge in [0, 0.05) is 0 Å². The van der Waals surface area contributed by atoms with Crippen LogP contribution in [0.15, 0.2) is 0 Å². The summed E-state index contributed by atoms with van der Waals surface area (Å²) in [5, 5.41) is 0. The number of carbonyl (C=O) groups is 1. The number of esters is 1. The van der Waals surface area contributed by atoms with Crippen molar-refractivity contribution >= 4 is 5.97 Å². The van der Waals surface area contributed by atoms with Gasteiger partial charge in [0.25, 0.3) is 0 Å². The van der Waals surface area contributed by atoms with E-state index >= 15 is 0 Å². The van der Waals surface area contributed by atoms with E-state index in [-0.39, 0.29) is 17.8 Å². The molecule has 2 atom stereocenters. The number of carbonyl (C=O) groups excluding carboxylic acids is 1. The number of hydrogen-bond acceptors (Lipinski definition) is 3. The van der Waals surface area contributed by atoms with E-state index in [0.29, 0.717) is 6.54 Å². The minimum absolute atomic E-state index is 0.0880. The van der Waals surface area contributed by atoms with E-state index in [1.165, 1.54) is 7.11 Å². The lowest BCUT2D eigenvalue weighted by molar-refractivity contribution is -0.146. The summed E-state index contributed by atoms with van der Waals surface area (Å²) in [6.45, 7) is 8.28. The first-order valence-corrected chi connectivity index (χ1v) is 4.41. The molecule has 0 rings (SSSR count). The summed E-state index contributed by atoms with van der Waals surface area (Å²) >= 11 is 0. The molecule has 74 valence electrons. The van der Waals surface area contributed by atoms with Crippen molar-refractivity contribution in [3.05, 3.63) is 0 Å². The molecule has 0 heterocycles. The number of hydrogen-bond donors (Lipinski definition) is 1. The van der Waals surface area contributed by atoms with E-state index in [9.17, 15) is 4.79 Å². The van der Waals surface area contributed by atoms with Crippen LogP contribution in [0.3, 0.4) is 0 Å². The maximum Gasteiger partial charge on any atom is 0.308 e. The van der Waals surface area contributed by atoms with Crippen LogP contribution in [0.1, 0.15) is 27.7 Å². The summed E-state index contributed by atoms with van der Waals surface area (Å²) in [5.41, 5.74) is 5.36. The molecule has 0 saturated heterocycles. The molecule has 0 aromatic carbocycles. The normalized spacial score (nSPS) is 13.8. The van der Waals surface area contributed by atoms with E-state index in [4.69, 9.17) is 5.73 Å². The van der Waals surface area contributed by atoms with Gasteiger partial charge < -0.3 is 10.5 Å². The average molecular weight is 175 g/mol. The van der Waals surface area contributed by atoms with Gasteiger partial charge in [-0.1, -0.05) is 27.7 Å². The van der Waals surface area contributed by atoms with Gasteiger partial charge in [-0.3, -0.25) is 4.79 Å². The summed E-state index contributed by atoms with van der Waals surface area (Å²) < 4.78 is 4.54. The zero-order valence-electron chi connectivity index (χ0n) is 8.76. The second-order valence-electron chi connectivity index (χ2n) is 2.52. The smallest absolute Gasteiger partial charge is 0.308 e. The van der Waals surface area contributed by atoms with Crippen LogP contribution in [0.25, 0.3) is 0 Å². The van der Waals surface area contributed by atoms with Gasteiger partial charge in [0.15, 0.2) is 0 Å². The standard InChI is InChI=1S/C7H15NO2.C2H6/c1-5(4-8)6(2)7(9)10-3;1-2/h5-6H,4,8H2,1-3H3;1-2H3. The van der Waals surface area contributed by atoms with E-state index in [1.54, 1.807) is 0 Å². The summed E-state index contributed by atoms with van der Waals surface area (Å²) in [4.78, 5) is 10.8. The Hall–Kier alpha value is -0.570. The number of rotatable bonds is 3. The van der Waals surface area contributed by atoms with Gasteiger partial charge in [0.2, 0.25) is 0 Å². The van der Waals surface area contributed by atoms with Crippen molar-refractivity contribution in [3.8, 4) is 0 Å². The van der Waals surface area contributed by atoms with Gasteiger partial charge in [0.1, 0.15) is 0 Å². The summed E-state index contributed by atoms with van der Waals surface area (Å²) in [6, 6.07) is 0. The highest BCUT2D eigenvalue weighted by Crippen LogP contribution is 2.09. The lowest BCUT2D eigenvalue weighted by atomic mass is 9.97. The predicted molar refractivity (Wildman–Crippen MR) is 50.7 cm³/mol. The molecule has 0 aromatic heterocycles. The summed E-state index contributed by atoms with van der Waals surface area (Å²) in [5.74, 6) is -0.0691. The fourth-order valence-electron chi connectivity index (χ4n) is 0.622. The van der Waals surface area contributed by atoms with E-state index in [1.807, 2.05) is 27.7 Å². The lowest BCUT2D eigenvalue weighted by Crippen LogP contribution is -2.25. The van der Waals surface area contributed by atoms with Crippen LogP contribution in [0, 0.1) is 11.8 Å². The Morgan fingerprint density at radius 1 is 1.42 bits per heavy atom. The van der Waals surface area contributed by atoms with Gasteiger partial charge >= 0.3 is 5.97 Å². The lowest BCUT2D eigenvalue weighted by Gasteiger charge is -2.14. The molecule has 3 heteroatoms. The SMILES string of the molecule is CC.COC(=O)C(C)C(C)CN. The van der Waals surface area contributed by atoms with Gasteiger partial charge in [0.05, 0.1) is 13.0 Å². The van der Waals surface area contributed by atoms with Crippen molar-refractivity contribution in [2.75, 3.05) is 13.7 Å². The fourth-order valence-corrected chi connectivity index (χ4v) is 0.622. The highest BCUT2D eigenvalue weighted by atomic mass is 16.5. The van der Waals surface area contributed by atoms with Crippen LogP contribution in [0.4, 0.5) is 0 Å². The molecule has 0 saturated carbocycles. The monoisotopic (exact) mass is 175 g/mol. The first kappa shape index (κ1) is 14.0. The zero-order valence-corrected chi connectivity index (χ0v) is 8.76. The first-order chi connectivity index (χ1) is 5.63. The van der Waals surface area contributed by atoms with Gasteiger partial charge in [-0.05, 0) is 12.5 Å². The largest absolute Gasteiger partial charge is 0.469 e. The van der Waals surface area contributed by atoms with Crippen LogP contribution in [0.5, 0.6) is 0 Å². The highest BCUT2D eigenvalue weighted by molar-refractivity contribution is 5.72. The quantitative estimate of drug-likeness (QED) is 0.660. The molecule has 12 heavy (non-hydrogen) atoms. The van der Waals surface area contributed by atoms with Gasteiger partial charge in [-0.2, -0.15) is 0 Å². The number of nitrogens with two attached hydrogens (primary N) is 1. The van der Waals surface area contributed by atoms with Gasteiger partial charge in [-0.15, -0.1) is 0 Å². The maximum atomic E-state index is 10.8. The van der Waals surface area contributed by atoms with Crippen molar-refractivity contribution < 1.29 is 9.53 Å². The molecule has 2 N–H and O–H groups in total. The minimum atomic E-state index is -0.182. The van der Waals surface area contributed by atoms with Crippen molar-refractivity contribution in [1.29, 1.82) is 0 Å². The van der Waals surface area contributed by atoms with Gasteiger partial charge in [-0.25, -0.2) is 0 Å². The first-order valence-electron chi connectivity index (χ1n) is 4.41. The van der Waals surface area contributed by atoms with Crippen molar-refractivity contribution in [1.82, 2.24) is 0 Å². The Bertz CT molecular complexity index is 115. The predicted octanol–water partition coefficient (Wildman–Crippen LogP) is 1.42. The Morgan fingerprint density at radius 2 is 1.83 bits per heavy atom. The number of methoxy groups -OCH3 is 1. The zero-order chi connectivity index (χ0) is 10.1. The third-order valence-electron chi connectivity index (χ3n) is 1.80. The molecule has 0 aliphatic rings. The second kappa shape index (κ2) is 8.53. The van der Waals surface area contributed by atoms with E-state index < -0.39 is 0 Å².